The molecule has 0 aromatic carbocycles. The first-order valence-corrected chi connectivity index (χ1v) is 5.12. The number of hydrogen-bond acceptors (Lipinski definition) is 2. The standard InChI is InChI=1S/C10H21NO/c1-2-9-3-5-10(12,6-4-9)7-8-11/h9,12H,2-8,11H2,1H3. The lowest BCUT2D eigenvalue weighted by molar-refractivity contribution is -0.0147. The Hall–Kier alpha value is -0.0800. The molecule has 0 aliphatic heterocycles. The molecule has 1 saturated carbocycles. The Morgan fingerprint density at radius 1 is 1.42 bits per heavy atom. The van der Waals surface area contributed by atoms with Crippen LogP contribution in [0.2, 0.25) is 0 Å². The summed E-state index contributed by atoms with van der Waals surface area (Å²) in [6.45, 7) is 2.85. The van der Waals surface area contributed by atoms with E-state index in [9.17, 15) is 5.11 Å². The molecule has 1 aliphatic rings. The van der Waals surface area contributed by atoms with Gasteiger partial charge in [0.15, 0.2) is 0 Å². The molecule has 0 spiro atoms. The first-order valence-electron chi connectivity index (χ1n) is 5.12. The van der Waals surface area contributed by atoms with Crippen LogP contribution in [0, 0.1) is 5.92 Å². The van der Waals surface area contributed by atoms with Gasteiger partial charge >= 0.3 is 0 Å². The van der Waals surface area contributed by atoms with E-state index < -0.39 is 5.60 Å². The third-order valence-electron chi connectivity index (χ3n) is 3.22. The van der Waals surface area contributed by atoms with E-state index in [1.807, 2.05) is 0 Å². The van der Waals surface area contributed by atoms with Crippen molar-refractivity contribution in [2.75, 3.05) is 6.54 Å². The molecule has 0 radical (unpaired) electrons. The molecule has 0 aromatic heterocycles. The van der Waals surface area contributed by atoms with Crippen LogP contribution in [0.25, 0.3) is 0 Å². The molecule has 1 rings (SSSR count). The van der Waals surface area contributed by atoms with Crippen LogP contribution in [0.15, 0.2) is 0 Å². The first kappa shape index (κ1) is 10.0. The largest absolute Gasteiger partial charge is 0.390 e. The van der Waals surface area contributed by atoms with Gasteiger partial charge in [-0.25, -0.2) is 0 Å². The summed E-state index contributed by atoms with van der Waals surface area (Å²) in [5, 5.41) is 10.0. The molecular formula is C10H21NO. The van der Waals surface area contributed by atoms with Crippen molar-refractivity contribution in [2.45, 2.75) is 51.0 Å². The lowest BCUT2D eigenvalue weighted by atomic mass is 9.76. The molecule has 0 aromatic rings. The smallest absolute Gasteiger partial charge is 0.0660 e. The summed E-state index contributed by atoms with van der Waals surface area (Å²) in [5.74, 6) is 0.850. The quantitative estimate of drug-likeness (QED) is 0.678. The zero-order valence-corrected chi connectivity index (χ0v) is 8.05. The van der Waals surface area contributed by atoms with Crippen LogP contribution in [-0.2, 0) is 0 Å². The Bertz CT molecular complexity index is 128. The summed E-state index contributed by atoms with van der Waals surface area (Å²) >= 11 is 0. The highest BCUT2D eigenvalue weighted by atomic mass is 16.3. The minimum Gasteiger partial charge on any atom is -0.390 e. The Balaban J connectivity index is 2.33. The van der Waals surface area contributed by atoms with Crippen LogP contribution in [0.4, 0.5) is 0 Å². The second kappa shape index (κ2) is 4.24. The summed E-state index contributed by atoms with van der Waals surface area (Å²) in [6, 6.07) is 0. The summed E-state index contributed by atoms with van der Waals surface area (Å²) in [7, 11) is 0. The normalized spacial score (nSPS) is 36.8. The first-order chi connectivity index (χ1) is 5.70. The van der Waals surface area contributed by atoms with Gasteiger partial charge < -0.3 is 10.8 Å². The fourth-order valence-corrected chi connectivity index (χ4v) is 2.14. The van der Waals surface area contributed by atoms with Crippen molar-refractivity contribution in [2.24, 2.45) is 11.7 Å². The van der Waals surface area contributed by atoms with E-state index in [4.69, 9.17) is 5.73 Å². The monoisotopic (exact) mass is 171 g/mol. The van der Waals surface area contributed by atoms with Gasteiger partial charge in [-0.3, -0.25) is 0 Å². The lowest BCUT2D eigenvalue weighted by Gasteiger charge is -2.35. The van der Waals surface area contributed by atoms with Gasteiger partial charge in [-0.05, 0) is 44.6 Å². The number of hydrogen-bond donors (Lipinski definition) is 2. The number of aliphatic hydroxyl groups is 1. The molecule has 2 nitrogen and oxygen atoms in total. The van der Waals surface area contributed by atoms with Crippen LogP contribution in [-0.4, -0.2) is 17.3 Å². The predicted molar refractivity (Wildman–Crippen MR) is 50.9 cm³/mol. The molecule has 1 fully saturated rings. The highest BCUT2D eigenvalue weighted by molar-refractivity contribution is 4.85. The molecule has 0 bridgehead atoms. The number of nitrogens with two attached hydrogens (primary N) is 1. The van der Waals surface area contributed by atoms with E-state index >= 15 is 0 Å². The predicted octanol–water partition coefficient (Wildman–Crippen LogP) is 1.67. The Kier molecular flexibility index (Phi) is 3.53. The van der Waals surface area contributed by atoms with Crippen molar-refractivity contribution in [1.29, 1.82) is 0 Å². The molecule has 2 heteroatoms. The van der Waals surface area contributed by atoms with Gasteiger partial charge in [0.25, 0.3) is 0 Å². The maximum atomic E-state index is 10.0. The Morgan fingerprint density at radius 3 is 2.42 bits per heavy atom. The van der Waals surface area contributed by atoms with Gasteiger partial charge in [-0.1, -0.05) is 13.3 Å². The lowest BCUT2D eigenvalue weighted by Crippen LogP contribution is -2.35. The van der Waals surface area contributed by atoms with Crippen molar-refractivity contribution in [3.8, 4) is 0 Å². The minimum atomic E-state index is -0.416. The second-order valence-electron chi connectivity index (χ2n) is 4.11. The van der Waals surface area contributed by atoms with E-state index in [0.29, 0.717) is 6.54 Å². The van der Waals surface area contributed by atoms with Crippen molar-refractivity contribution in [3.63, 3.8) is 0 Å². The molecule has 72 valence electrons. The molecule has 1 aliphatic carbocycles. The van der Waals surface area contributed by atoms with E-state index in [2.05, 4.69) is 6.92 Å². The van der Waals surface area contributed by atoms with Gasteiger partial charge in [0.1, 0.15) is 0 Å². The summed E-state index contributed by atoms with van der Waals surface area (Å²) in [6.07, 6.45) is 6.34. The third-order valence-corrected chi connectivity index (χ3v) is 3.22. The molecule has 0 atom stereocenters. The topological polar surface area (TPSA) is 46.2 Å². The molecule has 0 unspecified atom stereocenters. The van der Waals surface area contributed by atoms with E-state index in [1.165, 1.54) is 19.3 Å². The van der Waals surface area contributed by atoms with Crippen molar-refractivity contribution < 1.29 is 5.11 Å². The molecular weight excluding hydrogens is 150 g/mol. The van der Waals surface area contributed by atoms with Crippen LogP contribution in [0.3, 0.4) is 0 Å². The summed E-state index contributed by atoms with van der Waals surface area (Å²) in [4.78, 5) is 0. The fraction of sp³-hybridized carbons (Fsp3) is 1.00. The Labute approximate surface area is 75.2 Å². The molecule has 0 heterocycles. The SMILES string of the molecule is CCC1CCC(O)(CCN)CC1. The van der Waals surface area contributed by atoms with Gasteiger partial charge in [-0.2, -0.15) is 0 Å². The second-order valence-corrected chi connectivity index (χ2v) is 4.11. The zero-order valence-electron chi connectivity index (χ0n) is 8.05. The van der Waals surface area contributed by atoms with Gasteiger partial charge in [-0.15, -0.1) is 0 Å². The van der Waals surface area contributed by atoms with Crippen LogP contribution in [0.5, 0.6) is 0 Å². The van der Waals surface area contributed by atoms with Gasteiger partial charge in [0.05, 0.1) is 5.60 Å². The van der Waals surface area contributed by atoms with Gasteiger partial charge in [0.2, 0.25) is 0 Å². The minimum absolute atomic E-state index is 0.416. The van der Waals surface area contributed by atoms with E-state index in [-0.39, 0.29) is 0 Å². The van der Waals surface area contributed by atoms with Crippen LogP contribution >= 0.6 is 0 Å². The zero-order chi connectivity index (χ0) is 9.03. The molecule has 12 heavy (non-hydrogen) atoms. The maximum absolute atomic E-state index is 10.0. The molecule has 0 saturated heterocycles. The van der Waals surface area contributed by atoms with Crippen LogP contribution in [0.1, 0.15) is 45.4 Å². The molecule has 0 amide bonds. The van der Waals surface area contributed by atoms with E-state index in [0.717, 1.165) is 25.2 Å². The summed E-state index contributed by atoms with van der Waals surface area (Å²) < 4.78 is 0. The third kappa shape index (κ3) is 2.46. The summed E-state index contributed by atoms with van der Waals surface area (Å²) in [5.41, 5.74) is 5.04. The van der Waals surface area contributed by atoms with Crippen molar-refractivity contribution in [3.05, 3.63) is 0 Å². The van der Waals surface area contributed by atoms with E-state index in [1.54, 1.807) is 0 Å². The average Bonchev–Trinajstić information content (AvgIpc) is 2.06. The van der Waals surface area contributed by atoms with Crippen LogP contribution < -0.4 is 5.73 Å². The van der Waals surface area contributed by atoms with Crippen molar-refractivity contribution >= 4 is 0 Å². The highest BCUT2D eigenvalue weighted by Gasteiger charge is 2.31. The number of rotatable bonds is 3. The highest BCUT2D eigenvalue weighted by Crippen LogP contribution is 2.35. The van der Waals surface area contributed by atoms with Crippen molar-refractivity contribution in [1.82, 2.24) is 0 Å². The van der Waals surface area contributed by atoms with Gasteiger partial charge in [0, 0.05) is 0 Å². The average molecular weight is 171 g/mol. The fourth-order valence-electron chi connectivity index (χ4n) is 2.14. The molecule has 3 N–H and O–H groups in total. The Morgan fingerprint density at radius 2 is 2.00 bits per heavy atom. The maximum Gasteiger partial charge on any atom is 0.0660 e.